The molecule has 1 fully saturated rings. The Hall–Kier alpha value is -1.43. The van der Waals surface area contributed by atoms with Gasteiger partial charge in [-0.15, -0.1) is 0 Å². The van der Waals surface area contributed by atoms with Gasteiger partial charge in [0.2, 0.25) is 10.0 Å². The Morgan fingerprint density at radius 3 is 2.67 bits per heavy atom. The summed E-state index contributed by atoms with van der Waals surface area (Å²) in [5.74, 6) is 5.21. The van der Waals surface area contributed by atoms with Gasteiger partial charge >= 0.3 is 0 Å². The quantitative estimate of drug-likeness (QED) is 0.747. The Bertz CT molecular complexity index is 609. The number of hydrogen-bond donors (Lipinski definition) is 2. The minimum atomic E-state index is -3.58. The number of sulfonamides is 1. The zero-order valence-electron chi connectivity index (χ0n) is 11.4. The molecule has 1 aliphatic heterocycles. The zero-order chi connectivity index (χ0) is 15.1. The Labute approximate surface area is 124 Å². The van der Waals surface area contributed by atoms with Crippen molar-refractivity contribution in [2.75, 3.05) is 33.0 Å². The third kappa shape index (κ3) is 4.81. The van der Waals surface area contributed by atoms with Crippen LogP contribution in [0.25, 0.3) is 0 Å². The lowest BCUT2D eigenvalue weighted by atomic mass is 10.2. The molecule has 1 unspecified atom stereocenters. The molecule has 0 spiro atoms. The number of hydrogen-bond acceptors (Lipinski definition) is 5. The number of rotatable bonds is 4. The topological polar surface area (TPSA) is 84.9 Å². The molecule has 0 radical (unpaired) electrons. The average Bonchev–Trinajstić information content (AvgIpc) is 2.52. The minimum Gasteiger partial charge on any atom is -0.384 e. The zero-order valence-corrected chi connectivity index (χ0v) is 12.2. The van der Waals surface area contributed by atoms with Crippen LogP contribution in [0.3, 0.4) is 0 Å². The van der Waals surface area contributed by atoms with Crippen LogP contribution in [0, 0.1) is 11.8 Å². The van der Waals surface area contributed by atoms with E-state index in [1.54, 1.807) is 12.1 Å². The van der Waals surface area contributed by atoms with Crippen LogP contribution in [0.5, 0.6) is 0 Å². The lowest BCUT2D eigenvalue weighted by molar-refractivity contribution is -0.0846. The Kier molecular flexibility index (Phi) is 5.73. The highest BCUT2D eigenvalue weighted by Crippen LogP contribution is 2.10. The first-order chi connectivity index (χ1) is 10.1. The van der Waals surface area contributed by atoms with Gasteiger partial charge in [-0.3, -0.25) is 0 Å². The van der Waals surface area contributed by atoms with Gasteiger partial charge in [0.05, 0.1) is 30.8 Å². The molecule has 2 N–H and O–H groups in total. The standard InChI is InChI=1S/C14H17NO5S/c16-7-1-2-12-3-5-14(6-4-12)21(17,18)15-10-13-11-19-8-9-20-13/h3-6,13,15-16H,7-11H2. The monoisotopic (exact) mass is 311 g/mol. The number of aliphatic hydroxyl groups excluding tert-OH is 1. The van der Waals surface area contributed by atoms with Crippen LogP contribution in [0.4, 0.5) is 0 Å². The fourth-order valence-corrected chi connectivity index (χ4v) is 2.87. The van der Waals surface area contributed by atoms with Gasteiger partial charge < -0.3 is 14.6 Å². The first kappa shape index (κ1) is 15.9. The lowest BCUT2D eigenvalue weighted by Crippen LogP contribution is -2.39. The van der Waals surface area contributed by atoms with Gasteiger partial charge in [0.1, 0.15) is 6.61 Å². The van der Waals surface area contributed by atoms with E-state index in [1.165, 1.54) is 12.1 Å². The first-order valence-corrected chi connectivity index (χ1v) is 7.99. The van der Waals surface area contributed by atoms with Crippen LogP contribution in [-0.4, -0.2) is 52.6 Å². The summed E-state index contributed by atoms with van der Waals surface area (Å²) in [6.45, 7) is 1.35. The molecule has 0 saturated carbocycles. The second kappa shape index (κ2) is 7.54. The van der Waals surface area contributed by atoms with Crippen LogP contribution >= 0.6 is 0 Å². The third-order valence-corrected chi connectivity index (χ3v) is 4.30. The van der Waals surface area contributed by atoms with E-state index in [-0.39, 0.29) is 24.2 Å². The van der Waals surface area contributed by atoms with Crippen molar-refractivity contribution in [1.29, 1.82) is 0 Å². The molecule has 0 aliphatic carbocycles. The van der Waals surface area contributed by atoms with Crippen LogP contribution < -0.4 is 4.72 Å². The molecule has 1 aromatic carbocycles. The highest BCUT2D eigenvalue weighted by Gasteiger charge is 2.19. The van der Waals surface area contributed by atoms with Gasteiger partial charge in [-0.25, -0.2) is 13.1 Å². The SMILES string of the molecule is O=S(=O)(NCC1COCCO1)c1ccc(C#CCO)cc1. The minimum absolute atomic E-state index is 0.161. The van der Waals surface area contributed by atoms with Gasteiger partial charge in [-0.1, -0.05) is 11.8 Å². The van der Waals surface area contributed by atoms with Crippen LogP contribution in [0.1, 0.15) is 5.56 Å². The molecule has 114 valence electrons. The van der Waals surface area contributed by atoms with Crippen LogP contribution in [0.2, 0.25) is 0 Å². The summed E-state index contributed by atoms with van der Waals surface area (Å²) in [6, 6.07) is 6.14. The normalized spacial score (nSPS) is 18.8. The Morgan fingerprint density at radius 2 is 2.05 bits per heavy atom. The summed E-state index contributed by atoms with van der Waals surface area (Å²) >= 11 is 0. The molecular weight excluding hydrogens is 294 g/mol. The van der Waals surface area contributed by atoms with E-state index in [9.17, 15) is 8.42 Å². The fourth-order valence-electron chi connectivity index (χ4n) is 1.80. The van der Waals surface area contributed by atoms with Crippen LogP contribution in [0.15, 0.2) is 29.2 Å². The first-order valence-electron chi connectivity index (χ1n) is 6.50. The van der Waals surface area contributed by atoms with E-state index in [1.807, 2.05) is 0 Å². The van der Waals surface area contributed by atoms with Gasteiger partial charge in [0, 0.05) is 12.1 Å². The summed E-state index contributed by atoms with van der Waals surface area (Å²) in [7, 11) is -3.58. The molecular formula is C14H17NO5S. The van der Waals surface area contributed by atoms with Crippen molar-refractivity contribution < 1.29 is 23.0 Å². The number of aliphatic hydroxyl groups is 1. The maximum Gasteiger partial charge on any atom is 0.240 e. The second-order valence-corrected chi connectivity index (χ2v) is 6.17. The summed E-state index contributed by atoms with van der Waals surface area (Å²) in [5.41, 5.74) is 0.645. The molecule has 0 aromatic heterocycles. The van der Waals surface area contributed by atoms with E-state index in [4.69, 9.17) is 14.6 Å². The van der Waals surface area contributed by atoms with Gasteiger partial charge in [0.15, 0.2) is 0 Å². The predicted octanol–water partition coefficient (Wildman–Crippen LogP) is -0.276. The summed E-state index contributed by atoms with van der Waals surface area (Å²) in [4.78, 5) is 0.161. The van der Waals surface area contributed by atoms with Crippen molar-refractivity contribution in [2.24, 2.45) is 0 Å². The van der Waals surface area contributed by atoms with Crippen LogP contribution in [-0.2, 0) is 19.5 Å². The number of benzene rings is 1. The third-order valence-electron chi connectivity index (χ3n) is 2.86. The summed E-state index contributed by atoms with van der Waals surface area (Å²) < 4.78 is 37.3. The number of ether oxygens (including phenoxy) is 2. The summed E-state index contributed by atoms with van der Waals surface area (Å²) in [5, 5.41) is 8.60. The summed E-state index contributed by atoms with van der Waals surface area (Å²) in [6.07, 6.45) is -0.261. The van der Waals surface area contributed by atoms with E-state index in [0.29, 0.717) is 25.4 Å². The van der Waals surface area contributed by atoms with Crippen molar-refractivity contribution in [3.63, 3.8) is 0 Å². The molecule has 1 aromatic rings. The largest absolute Gasteiger partial charge is 0.384 e. The molecule has 1 heterocycles. The Morgan fingerprint density at radius 1 is 1.29 bits per heavy atom. The van der Waals surface area contributed by atoms with Gasteiger partial charge in [0.25, 0.3) is 0 Å². The molecule has 0 amide bonds. The van der Waals surface area contributed by atoms with Crippen molar-refractivity contribution in [1.82, 2.24) is 4.72 Å². The molecule has 1 aliphatic rings. The maximum atomic E-state index is 12.1. The van der Waals surface area contributed by atoms with Crippen molar-refractivity contribution in [3.05, 3.63) is 29.8 Å². The van der Waals surface area contributed by atoms with Crippen molar-refractivity contribution >= 4 is 10.0 Å². The second-order valence-electron chi connectivity index (χ2n) is 4.40. The predicted molar refractivity (Wildman–Crippen MR) is 76.2 cm³/mol. The molecule has 21 heavy (non-hydrogen) atoms. The molecule has 0 bridgehead atoms. The Balaban J connectivity index is 1.98. The molecule has 7 heteroatoms. The smallest absolute Gasteiger partial charge is 0.240 e. The molecule has 1 saturated heterocycles. The molecule has 1 atom stereocenters. The van der Waals surface area contributed by atoms with E-state index >= 15 is 0 Å². The molecule has 6 nitrogen and oxygen atoms in total. The fraction of sp³-hybridized carbons (Fsp3) is 0.429. The lowest BCUT2D eigenvalue weighted by Gasteiger charge is -2.23. The highest BCUT2D eigenvalue weighted by molar-refractivity contribution is 7.89. The van der Waals surface area contributed by atoms with Gasteiger partial charge in [-0.05, 0) is 24.3 Å². The maximum absolute atomic E-state index is 12.1. The van der Waals surface area contributed by atoms with E-state index in [2.05, 4.69) is 16.6 Å². The van der Waals surface area contributed by atoms with Crippen molar-refractivity contribution in [3.8, 4) is 11.8 Å². The molecule has 2 rings (SSSR count). The van der Waals surface area contributed by atoms with E-state index in [0.717, 1.165) is 0 Å². The highest BCUT2D eigenvalue weighted by atomic mass is 32.2. The number of nitrogens with one attached hydrogen (secondary N) is 1. The van der Waals surface area contributed by atoms with E-state index < -0.39 is 10.0 Å². The average molecular weight is 311 g/mol. The van der Waals surface area contributed by atoms with Gasteiger partial charge in [-0.2, -0.15) is 0 Å². The van der Waals surface area contributed by atoms with Crippen molar-refractivity contribution in [2.45, 2.75) is 11.0 Å².